The minimum atomic E-state index is 0.659. The van der Waals surface area contributed by atoms with Crippen molar-refractivity contribution in [1.82, 2.24) is 5.32 Å². The Hall–Kier alpha value is -1.29. The zero-order valence-electron chi connectivity index (χ0n) is 10.5. The van der Waals surface area contributed by atoms with Crippen LogP contribution in [0.25, 0.3) is 0 Å². The maximum absolute atomic E-state index is 5.42. The van der Waals surface area contributed by atoms with Crippen molar-refractivity contribution in [3.05, 3.63) is 24.3 Å². The van der Waals surface area contributed by atoms with Gasteiger partial charge in [0.15, 0.2) is 5.11 Å². The van der Waals surface area contributed by atoms with Crippen molar-refractivity contribution < 1.29 is 4.74 Å². The predicted molar refractivity (Wildman–Crippen MR) is 76.7 cm³/mol. The molecule has 1 aromatic rings. The molecule has 0 aliphatic rings. The number of hydrogen-bond acceptors (Lipinski definition) is 2. The third kappa shape index (κ3) is 5.54. The van der Waals surface area contributed by atoms with Crippen LogP contribution in [0.3, 0.4) is 0 Å². The maximum atomic E-state index is 5.42. The second kappa shape index (κ2) is 7.90. The molecular formula is C13H20N2OS. The lowest BCUT2D eigenvalue weighted by Gasteiger charge is -2.11. The van der Waals surface area contributed by atoms with Crippen LogP contribution in [-0.4, -0.2) is 18.3 Å². The quantitative estimate of drug-likeness (QED) is 0.602. The Morgan fingerprint density at radius 2 is 2.18 bits per heavy atom. The van der Waals surface area contributed by atoms with E-state index in [0.29, 0.717) is 11.7 Å². The van der Waals surface area contributed by atoms with Crippen molar-refractivity contribution in [2.24, 2.45) is 0 Å². The average molecular weight is 252 g/mol. The first kappa shape index (κ1) is 13.8. The molecule has 0 aromatic heterocycles. The first-order chi connectivity index (χ1) is 8.26. The summed E-state index contributed by atoms with van der Waals surface area (Å²) in [7, 11) is 0. The smallest absolute Gasteiger partial charge is 0.170 e. The Labute approximate surface area is 109 Å². The van der Waals surface area contributed by atoms with Crippen LogP contribution in [0.4, 0.5) is 5.69 Å². The predicted octanol–water partition coefficient (Wildman–Crippen LogP) is 3.17. The molecule has 3 nitrogen and oxygen atoms in total. The van der Waals surface area contributed by atoms with Gasteiger partial charge in [-0.25, -0.2) is 0 Å². The molecule has 0 bridgehead atoms. The summed E-state index contributed by atoms with van der Waals surface area (Å²) in [5, 5.41) is 6.96. The van der Waals surface area contributed by atoms with Crippen molar-refractivity contribution in [1.29, 1.82) is 0 Å². The summed E-state index contributed by atoms with van der Waals surface area (Å²) in [5.74, 6) is 0.855. The summed E-state index contributed by atoms with van der Waals surface area (Å²) < 4.78 is 5.42. The van der Waals surface area contributed by atoms with Gasteiger partial charge in [-0.1, -0.05) is 19.4 Å². The van der Waals surface area contributed by atoms with E-state index in [1.807, 2.05) is 31.2 Å². The molecule has 1 aromatic carbocycles. The molecule has 0 heterocycles. The van der Waals surface area contributed by atoms with Crippen LogP contribution < -0.4 is 15.4 Å². The number of benzene rings is 1. The van der Waals surface area contributed by atoms with Crippen molar-refractivity contribution >= 4 is 23.0 Å². The standard InChI is InChI=1S/C13H20N2OS/c1-3-5-9-14-13(17)15-11-7-6-8-12(10-11)16-4-2/h6-8,10H,3-5,9H2,1-2H3,(H2,14,15,17). The highest BCUT2D eigenvalue weighted by Crippen LogP contribution is 2.16. The molecule has 0 radical (unpaired) electrons. The first-order valence-electron chi connectivity index (χ1n) is 6.04. The van der Waals surface area contributed by atoms with Gasteiger partial charge in [0, 0.05) is 18.3 Å². The molecule has 0 aliphatic heterocycles. The summed E-state index contributed by atoms with van der Waals surface area (Å²) in [6, 6.07) is 7.79. The summed E-state index contributed by atoms with van der Waals surface area (Å²) >= 11 is 5.19. The lowest BCUT2D eigenvalue weighted by molar-refractivity contribution is 0.340. The molecule has 0 saturated carbocycles. The number of hydrogen-bond donors (Lipinski definition) is 2. The van der Waals surface area contributed by atoms with E-state index in [4.69, 9.17) is 17.0 Å². The van der Waals surface area contributed by atoms with E-state index < -0.39 is 0 Å². The van der Waals surface area contributed by atoms with Crippen LogP contribution in [0.2, 0.25) is 0 Å². The van der Waals surface area contributed by atoms with E-state index in [1.165, 1.54) is 0 Å². The highest BCUT2D eigenvalue weighted by atomic mass is 32.1. The third-order valence-corrected chi connectivity index (χ3v) is 2.47. The third-order valence-electron chi connectivity index (χ3n) is 2.22. The summed E-state index contributed by atoms with van der Waals surface area (Å²) in [6.45, 7) is 5.71. The number of rotatable bonds is 6. The Balaban J connectivity index is 2.44. The van der Waals surface area contributed by atoms with Gasteiger partial charge in [0.05, 0.1) is 6.61 Å². The molecule has 1 rings (SSSR count). The highest BCUT2D eigenvalue weighted by Gasteiger charge is 1.98. The molecule has 2 N–H and O–H groups in total. The fourth-order valence-corrected chi connectivity index (χ4v) is 1.60. The number of unbranched alkanes of at least 4 members (excludes halogenated alkanes) is 1. The van der Waals surface area contributed by atoms with E-state index in [2.05, 4.69) is 17.6 Å². The van der Waals surface area contributed by atoms with Crippen LogP contribution in [-0.2, 0) is 0 Å². The van der Waals surface area contributed by atoms with Gasteiger partial charge < -0.3 is 15.4 Å². The topological polar surface area (TPSA) is 33.3 Å². The second-order valence-corrected chi connectivity index (χ2v) is 4.10. The monoisotopic (exact) mass is 252 g/mol. The molecule has 94 valence electrons. The lowest BCUT2D eigenvalue weighted by atomic mass is 10.3. The normalized spacial score (nSPS) is 9.76. The fourth-order valence-electron chi connectivity index (χ4n) is 1.38. The van der Waals surface area contributed by atoms with Gasteiger partial charge in [0.1, 0.15) is 5.75 Å². The Morgan fingerprint density at radius 3 is 2.88 bits per heavy atom. The molecule has 0 fully saturated rings. The molecular weight excluding hydrogens is 232 g/mol. The zero-order chi connectivity index (χ0) is 12.5. The minimum absolute atomic E-state index is 0.659. The van der Waals surface area contributed by atoms with Crippen LogP contribution >= 0.6 is 12.2 Å². The van der Waals surface area contributed by atoms with Gasteiger partial charge in [-0.2, -0.15) is 0 Å². The van der Waals surface area contributed by atoms with Crippen LogP contribution in [0, 0.1) is 0 Å². The largest absolute Gasteiger partial charge is 0.494 e. The molecule has 0 saturated heterocycles. The lowest BCUT2D eigenvalue weighted by Crippen LogP contribution is -2.29. The van der Waals surface area contributed by atoms with Gasteiger partial charge >= 0.3 is 0 Å². The van der Waals surface area contributed by atoms with E-state index in [0.717, 1.165) is 30.8 Å². The summed E-state index contributed by atoms with van der Waals surface area (Å²) in [6.07, 6.45) is 2.29. The minimum Gasteiger partial charge on any atom is -0.494 e. The van der Waals surface area contributed by atoms with Crippen LogP contribution in [0.1, 0.15) is 26.7 Å². The fraction of sp³-hybridized carbons (Fsp3) is 0.462. The van der Waals surface area contributed by atoms with Crippen LogP contribution in [0.5, 0.6) is 5.75 Å². The first-order valence-corrected chi connectivity index (χ1v) is 6.44. The van der Waals surface area contributed by atoms with Gasteiger partial charge in [-0.3, -0.25) is 0 Å². The molecule has 0 aliphatic carbocycles. The van der Waals surface area contributed by atoms with E-state index in [1.54, 1.807) is 0 Å². The maximum Gasteiger partial charge on any atom is 0.170 e. The number of anilines is 1. The van der Waals surface area contributed by atoms with E-state index in [-0.39, 0.29) is 0 Å². The molecule has 0 atom stereocenters. The Kier molecular flexibility index (Phi) is 6.40. The molecule has 0 spiro atoms. The van der Waals surface area contributed by atoms with Crippen molar-refractivity contribution in [2.75, 3.05) is 18.5 Å². The van der Waals surface area contributed by atoms with Gasteiger partial charge in [-0.15, -0.1) is 0 Å². The molecule has 4 heteroatoms. The van der Waals surface area contributed by atoms with Gasteiger partial charge in [0.2, 0.25) is 0 Å². The molecule has 17 heavy (non-hydrogen) atoms. The van der Waals surface area contributed by atoms with E-state index in [9.17, 15) is 0 Å². The second-order valence-electron chi connectivity index (χ2n) is 3.70. The van der Waals surface area contributed by atoms with Crippen molar-refractivity contribution in [3.8, 4) is 5.75 Å². The Morgan fingerprint density at radius 1 is 1.35 bits per heavy atom. The van der Waals surface area contributed by atoms with Crippen molar-refractivity contribution in [3.63, 3.8) is 0 Å². The number of thiocarbonyl (C=S) groups is 1. The van der Waals surface area contributed by atoms with Crippen LogP contribution in [0.15, 0.2) is 24.3 Å². The highest BCUT2D eigenvalue weighted by molar-refractivity contribution is 7.80. The summed E-state index contributed by atoms with van der Waals surface area (Å²) in [5.41, 5.74) is 0.949. The Bertz CT molecular complexity index is 355. The van der Waals surface area contributed by atoms with Crippen molar-refractivity contribution in [2.45, 2.75) is 26.7 Å². The number of nitrogens with one attached hydrogen (secondary N) is 2. The van der Waals surface area contributed by atoms with Gasteiger partial charge in [-0.05, 0) is 37.7 Å². The molecule has 0 unspecified atom stereocenters. The molecule has 0 amide bonds. The summed E-state index contributed by atoms with van der Waals surface area (Å²) in [4.78, 5) is 0. The SMILES string of the molecule is CCCCNC(=S)Nc1cccc(OCC)c1. The number of ether oxygens (including phenoxy) is 1. The van der Waals surface area contributed by atoms with E-state index >= 15 is 0 Å². The van der Waals surface area contributed by atoms with Gasteiger partial charge in [0.25, 0.3) is 0 Å². The average Bonchev–Trinajstić information content (AvgIpc) is 2.30. The zero-order valence-corrected chi connectivity index (χ0v) is 11.3.